The molecule has 0 amide bonds. The van der Waals surface area contributed by atoms with Gasteiger partial charge in [0.15, 0.2) is 0 Å². The lowest BCUT2D eigenvalue weighted by atomic mass is 10.1. The smallest absolute Gasteiger partial charge is 0.120 e. The molecule has 0 aliphatic carbocycles. The molecule has 0 aromatic heterocycles. The minimum Gasteiger partial charge on any atom is -0.491 e. The first kappa shape index (κ1) is 12.8. The maximum Gasteiger partial charge on any atom is 0.120 e. The molecule has 0 atom stereocenters. The highest BCUT2D eigenvalue weighted by Crippen LogP contribution is 2.19. The minimum atomic E-state index is 0.226. The molecule has 1 heteroatoms. The summed E-state index contributed by atoms with van der Waals surface area (Å²) in [5, 5.41) is 0. The third kappa shape index (κ3) is 4.52. The molecular weight excluding hydrogens is 196 g/mol. The van der Waals surface area contributed by atoms with Crippen molar-refractivity contribution in [1.82, 2.24) is 0 Å². The SMILES string of the molecule is Cc1cc(/C=C\C(C)C)cc(OC(C)C)c1. The average Bonchev–Trinajstić information content (AvgIpc) is 2.12. The Bertz CT molecular complexity index is 362. The monoisotopic (exact) mass is 218 g/mol. The highest BCUT2D eigenvalue weighted by molar-refractivity contribution is 5.53. The van der Waals surface area contributed by atoms with Gasteiger partial charge in [-0.05, 0) is 49.9 Å². The average molecular weight is 218 g/mol. The number of benzene rings is 1. The Kier molecular flexibility index (Phi) is 4.60. The van der Waals surface area contributed by atoms with Crippen molar-refractivity contribution in [2.75, 3.05) is 0 Å². The number of aryl methyl sites for hydroxylation is 1. The molecule has 0 fully saturated rings. The molecule has 1 rings (SSSR count). The molecule has 0 heterocycles. The van der Waals surface area contributed by atoms with E-state index in [9.17, 15) is 0 Å². The number of rotatable bonds is 4. The van der Waals surface area contributed by atoms with Crippen LogP contribution < -0.4 is 4.74 Å². The van der Waals surface area contributed by atoms with Gasteiger partial charge in [0, 0.05) is 0 Å². The Morgan fingerprint density at radius 3 is 2.31 bits per heavy atom. The molecule has 1 nitrogen and oxygen atoms in total. The molecule has 0 aliphatic rings. The van der Waals surface area contributed by atoms with Gasteiger partial charge in [-0.2, -0.15) is 0 Å². The number of allylic oxidation sites excluding steroid dienone is 1. The Labute approximate surface area is 99.1 Å². The molecule has 1 aromatic rings. The van der Waals surface area contributed by atoms with Crippen LogP contribution in [0.25, 0.3) is 6.08 Å². The van der Waals surface area contributed by atoms with Crippen LogP contribution in [0, 0.1) is 12.8 Å². The zero-order valence-corrected chi connectivity index (χ0v) is 10.9. The van der Waals surface area contributed by atoms with Crippen LogP contribution in [0.4, 0.5) is 0 Å². The third-order valence-electron chi connectivity index (χ3n) is 2.12. The fraction of sp³-hybridized carbons (Fsp3) is 0.467. The molecular formula is C15H22O. The summed E-state index contributed by atoms with van der Waals surface area (Å²) >= 11 is 0. The van der Waals surface area contributed by atoms with E-state index in [1.54, 1.807) is 0 Å². The predicted molar refractivity (Wildman–Crippen MR) is 70.8 cm³/mol. The van der Waals surface area contributed by atoms with E-state index < -0.39 is 0 Å². The Morgan fingerprint density at radius 2 is 1.75 bits per heavy atom. The summed E-state index contributed by atoms with van der Waals surface area (Å²) in [6.07, 6.45) is 4.59. The van der Waals surface area contributed by atoms with Gasteiger partial charge in [0.05, 0.1) is 6.10 Å². The van der Waals surface area contributed by atoms with Gasteiger partial charge in [-0.15, -0.1) is 0 Å². The lowest BCUT2D eigenvalue weighted by Gasteiger charge is -2.11. The van der Waals surface area contributed by atoms with Gasteiger partial charge >= 0.3 is 0 Å². The molecule has 0 saturated heterocycles. The van der Waals surface area contributed by atoms with Crippen molar-refractivity contribution in [2.24, 2.45) is 5.92 Å². The van der Waals surface area contributed by atoms with E-state index in [0.717, 1.165) is 5.75 Å². The summed E-state index contributed by atoms with van der Waals surface area (Å²) in [6, 6.07) is 6.34. The normalized spacial score (nSPS) is 11.7. The lowest BCUT2D eigenvalue weighted by Crippen LogP contribution is -2.05. The first-order chi connectivity index (χ1) is 7.47. The summed E-state index contributed by atoms with van der Waals surface area (Å²) in [7, 11) is 0. The second kappa shape index (κ2) is 5.74. The van der Waals surface area contributed by atoms with E-state index in [4.69, 9.17) is 4.74 Å². The molecule has 0 unspecified atom stereocenters. The van der Waals surface area contributed by atoms with Gasteiger partial charge in [-0.25, -0.2) is 0 Å². The summed E-state index contributed by atoms with van der Waals surface area (Å²) in [6.45, 7) is 10.5. The summed E-state index contributed by atoms with van der Waals surface area (Å²) in [4.78, 5) is 0. The standard InChI is InChI=1S/C15H22O/c1-11(2)6-7-14-8-13(5)9-15(10-14)16-12(3)4/h6-12H,1-5H3/b7-6-. The number of hydrogen-bond donors (Lipinski definition) is 0. The van der Waals surface area contributed by atoms with Gasteiger partial charge in [0.1, 0.15) is 5.75 Å². The molecule has 0 spiro atoms. The minimum absolute atomic E-state index is 0.226. The van der Waals surface area contributed by atoms with Crippen molar-refractivity contribution in [3.8, 4) is 5.75 Å². The van der Waals surface area contributed by atoms with Crippen molar-refractivity contribution >= 4 is 6.08 Å². The first-order valence-electron chi connectivity index (χ1n) is 5.94. The summed E-state index contributed by atoms with van der Waals surface area (Å²) in [5.41, 5.74) is 2.45. The quantitative estimate of drug-likeness (QED) is 0.725. The maximum atomic E-state index is 5.71. The fourth-order valence-electron chi connectivity index (χ4n) is 1.52. The zero-order valence-electron chi connectivity index (χ0n) is 10.9. The van der Waals surface area contributed by atoms with Crippen LogP contribution in [-0.4, -0.2) is 6.10 Å². The van der Waals surface area contributed by atoms with Crippen LogP contribution in [0.2, 0.25) is 0 Å². The van der Waals surface area contributed by atoms with Crippen molar-refractivity contribution in [3.63, 3.8) is 0 Å². The van der Waals surface area contributed by atoms with Crippen molar-refractivity contribution in [3.05, 3.63) is 35.4 Å². The van der Waals surface area contributed by atoms with Gasteiger partial charge in [-0.3, -0.25) is 0 Å². The van der Waals surface area contributed by atoms with E-state index in [-0.39, 0.29) is 6.10 Å². The van der Waals surface area contributed by atoms with Gasteiger partial charge < -0.3 is 4.74 Å². The van der Waals surface area contributed by atoms with Crippen LogP contribution in [0.5, 0.6) is 5.75 Å². The van der Waals surface area contributed by atoms with E-state index in [1.807, 2.05) is 13.8 Å². The molecule has 0 aliphatic heterocycles. The second-order valence-electron chi connectivity index (χ2n) is 4.85. The van der Waals surface area contributed by atoms with Crippen LogP contribution in [0.15, 0.2) is 24.3 Å². The maximum absolute atomic E-state index is 5.71. The number of ether oxygens (including phenoxy) is 1. The van der Waals surface area contributed by atoms with Crippen molar-refractivity contribution in [2.45, 2.75) is 40.7 Å². The topological polar surface area (TPSA) is 9.23 Å². The van der Waals surface area contributed by atoms with Gasteiger partial charge in [0.2, 0.25) is 0 Å². The molecule has 1 aromatic carbocycles. The Morgan fingerprint density at radius 1 is 1.06 bits per heavy atom. The molecule has 0 bridgehead atoms. The molecule has 0 saturated carbocycles. The third-order valence-corrected chi connectivity index (χ3v) is 2.12. The highest BCUT2D eigenvalue weighted by Gasteiger charge is 2.00. The lowest BCUT2D eigenvalue weighted by molar-refractivity contribution is 0.242. The molecule has 0 radical (unpaired) electrons. The largest absolute Gasteiger partial charge is 0.491 e. The van der Waals surface area contributed by atoms with Gasteiger partial charge in [0.25, 0.3) is 0 Å². The summed E-state index contributed by atoms with van der Waals surface area (Å²) in [5.74, 6) is 1.54. The van der Waals surface area contributed by atoms with Crippen molar-refractivity contribution in [1.29, 1.82) is 0 Å². The van der Waals surface area contributed by atoms with E-state index in [0.29, 0.717) is 5.92 Å². The highest BCUT2D eigenvalue weighted by atomic mass is 16.5. The number of hydrogen-bond acceptors (Lipinski definition) is 1. The Hall–Kier alpha value is -1.24. The first-order valence-corrected chi connectivity index (χ1v) is 5.94. The van der Waals surface area contributed by atoms with Crippen LogP contribution in [0.3, 0.4) is 0 Å². The zero-order chi connectivity index (χ0) is 12.1. The van der Waals surface area contributed by atoms with Crippen LogP contribution >= 0.6 is 0 Å². The summed E-state index contributed by atoms with van der Waals surface area (Å²) < 4.78 is 5.71. The predicted octanol–water partition coefficient (Wildman–Crippen LogP) is 4.45. The van der Waals surface area contributed by atoms with Crippen LogP contribution in [0.1, 0.15) is 38.8 Å². The molecule has 16 heavy (non-hydrogen) atoms. The second-order valence-corrected chi connectivity index (χ2v) is 4.85. The van der Waals surface area contributed by atoms with E-state index in [1.165, 1.54) is 11.1 Å². The molecule has 88 valence electrons. The van der Waals surface area contributed by atoms with Gasteiger partial charge in [-0.1, -0.05) is 32.1 Å². The van der Waals surface area contributed by atoms with Crippen molar-refractivity contribution < 1.29 is 4.74 Å². The molecule has 0 N–H and O–H groups in total. The van der Waals surface area contributed by atoms with Crippen LogP contribution in [-0.2, 0) is 0 Å². The Balaban J connectivity index is 2.89. The fourth-order valence-corrected chi connectivity index (χ4v) is 1.52. The van der Waals surface area contributed by atoms with E-state index >= 15 is 0 Å². The van der Waals surface area contributed by atoms with E-state index in [2.05, 4.69) is 51.1 Å².